The van der Waals surface area contributed by atoms with Crippen LogP contribution in [0.5, 0.6) is 0 Å². The van der Waals surface area contributed by atoms with Gasteiger partial charge in [0, 0.05) is 25.0 Å². The molecule has 0 saturated heterocycles. The van der Waals surface area contributed by atoms with E-state index in [1.54, 1.807) is 30.1 Å². The molecule has 2 aromatic carbocycles. The number of fused-ring (bicyclic) bond motifs is 3. The third kappa shape index (κ3) is 4.38. The number of aromatic nitrogens is 4. The SMILES string of the molecule is CN(C(=O)c1ncco1)N(Cc1ccc(C(F)(F)F)cc1)C(=O)c1ccc2nc(N)c3cnn(C)c3c2c1. The summed E-state index contributed by atoms with van der Waals surface area (Å²) in [4.78, 5) is 35.0. The number of nitrogens with zero attached hydrogens (tertiary/aromatic N) is 6. The molecule has 0 atom stereocenters. The van der Waals surface area contributed by atoms with Gasteiger partial charge in [-0.15, -0.1) is 0 Å². The van der Waals surface area contributed by atoms with Crippen LogP contribution in [0.15, 0.2) is 65.5 Å². The number of hydrazine groups is 1. The molecule has 0 fully saturated rings. The summed E-state index contributed by atoms with van der Waals surface area (Å²) in [7, 11) is 3.08. The van der Waals surface area contributed by atoms with E-state index >= 15 is 0 Å². The first-order valence-corrected chi connectivity index (χ1v) is 11.2. The fourth-order valence-electron chi connectivity index (χ4n) is 4.10. The van der Waals surface area contributed by atoms with E-state index in [4.69, 9.17) is 10.2 Å². The number of benzene rings is 2. The molecule has 0 saturated carbocycles. The maximum absolute atomic E-state index is 13.8. The highest BCUT2D eigenvalue weighted by molar-refractivity contribution is 6.10. The van der Waals surface area contributed by atoms with Crippen LogP contribution in [0.1, 0.15) is 32.2 Å². The molecule has 0 aliphatic carbocycles. The van der Waals surface area contributed by atoms with E-state index in [0.29, 0.717) is 33.2 Å². The Morgan fingerprint density at radius 3 is 2.47 bits per heavy atom. The first-order chi connectivity index (χ1) is 18.0. The van der Waals surface area contributed by atoms with E-state index in [1.807, 2.05) is 0 Å². The van der Waals surface area contributed by atoms with Crippen molar-refractivity contribution in [1.29, 1.82) is 0 Å². The van der Waals surface area contributed by atoms with Gasteiger partial charge in [0.05, 0.1) is 40.9 Å². The van der Waals surface area contributed by atoms with Crippen LogP contribution in [0, 0.1) is 0 Å². The average molecular weight is 523 g/mol. The number of pyridine rings is 1. The monoisotopic (exact) mass is 523 g/mol. The summed E-state index contributed by atoms with van der Waals surface area (Å²) in [5.41, 5.74) is 6.99. The Labute approximate surface area is 213 Å². The number of nitrogen functional groups attached to an aromatic ring is 1. The average Bonchev–Trinajstić information content (AvgIpc) is 3.57. The highest BCUT2D eigenvalue weighted by Gasteiger charge is 2.31. The summed E-state index contributed by atoms with van der Waals surface area (Å²) < 4.78 is 45.8. The molecule has 0 spiro atoms. The molecule has 38 heavy (non-hydrogen) atoms. The minimum absolute atomic E-state index is 0.200. The van der Waals surface area contributed by atoms with Gasteiger partial charge in [0.1, 0.15) is 12.1 Å². The normalized spacial score (nSPS) is 11.7. The zero-order valence-corrected chi connectivity index (χ0v) is 20.1. The van der Waals surface area contributed by atoms with Crippen molar-refractivity contribution in [2.24, 2.45) is 7.05 Å². The van der Waals surface area contributed by atoms with Gasteiger partial charge >= 0.3 is 12.1 Å². The number of halogens is 3. The summed E-state index contributed by atoms with van der Waals surface area (Å²) in [5, 5.41) is 7.56. The van der Waals surface area contributed by atoms with Crippen LogP contribution in [0.25, 0.3) is 21.8 Å². The number of carbonyl (C=O) groups is 2. The zero-order valence-electron chi connectivity index (χ0n) is 20.1. The smallest absolute Gasteiger partial charge is 0.416 e. The number of alkyl halides is 3. The van der Waals surface area contributed by atoms with Gasteiger partial charge in [0.25, 0.3) is 11.8 Å². The number of aryl methyl sites for hydroxylation is 1. The Morgan fingerprint density at radius 2 is 1.82 bits per heavy atom. The highest BCUT2D eigenvalue weighted by atomic mass is 19.4. The molecule has 10 nitrogen and oxygen atoms in total. The molecule has 3 aromatic heterocycles. The topological polar surface area (TPSA) is 123 Å². The molecule has 0 bridgehead atoms. The molecule has 3 heterocycles. The number of amides is 2. The molecule has 13 heteroatoms. The van der Waals surface area contributed by atoms with Crippen molar-refractivity contribution in [3.8, 4) is 0 Å². The Balaban J connectivity index is 1.56. The van der Waals surface area contributed by atoms with Crippen molar-refractivity contribution in [1.82, 2.24) is 29.8 Å². The van der Waals surface area contributed by atoms with E-state index in [-0.39, 0.29) is 18.0 Å². The van der Waals surface area contributed by atoms with Crippen molar-refractivity contribution >= 4 is 39.4 Å². The van der Waals surface area contributed by atoms with E-state index in [1.165, 1.54) is 37.7 Å². The lowest BCUT2D eigenvalue weighted by atomic mass is 10.1. The molecular weight excluding hydrogens is 503 g/mol. The molecule has 5 aromatic rings. The van der Waals surface area contributed by atoms with Gasteiger partial charge in [-0.1, -0.05) is 12.1 Å². The summed E-state index contributed by atoms with van der Waals surface area (Å²) in [6.07, 6.45) is -0.439. The fourth-order valence-corrected chi connectivity index (χ4v) is 4.10. The van der Waals surface area contributed by atoms with Crippen molar-refractivity contribution in [2.75, 3.05) is 12.8 Å². The number of rotatable bonds is 4. The van der Waals surface area contributed by atoms with Gasteiger partial charge in [-0.25, -0.2) is 20.0 Å². The van der Waals surface area contributed by atoms with Crippen LogP contribution in [0.4, 0.5) is 19.0 Å². The Kier molecular flexibility index (Phi) is 5.97. The van der Waals surface area contributed by atoms with Gasteiger partial charge in [0.15, 0.2) is 0 Å². The van der Waals surface area contributed by atoms with Gasteiger partial charge in [0.2, 0.25) is 0 Å². The number of hydrogen-bond donors (Lipinski definition) is 1. The van der Waals surface area contributed by atoms with Crippen molar-refractivity contribution in [3.05, 3.63) is 83.7 Å². The number of nitrogens with two attached hydrogens (primary N) is 1. The number of anilines is 1. The molecular formula is C25H20F3N7O3. The predicted molar refractivity (Wildman–Crippen MR) is 130 cm³/mol. The minimum atomic E-state index is -4.51. The lowest BCUT2D eigenvalue weighted by molar-refractivity contribution is -0.137. The molecule has 2 N–H and O–H groups in total. The summed E-state index contributed by atoms with van der Waals surface area (Å²) >= 11 is 0. The van der Waals surface area contributed by atoms with Crippen LogP contribution >= 0.6 is 0 Å². The Morgan fingerprint density at radius 1 is 1.08 bits per heavy atom. The number of oxazole rings is 1. The molecule has 0 aliphatic heterocycles. The molecule has 0 unspecified atom stereocenters. The summed E-state index contributed by atoms with van der Waals surface area (Å²) in [5.74, 6) is -1.28. The summed E-state index contributed by atoms with van der Waals surface area (Å²) in [6.45, 7) is -0.209. The predicted octanol–water partition coefficient (Wildman–Crippen LogP) is 4.04. The molecule has 5 rings (SSSR count). The standard InChI is InChI=1S/C25H20F3N7O3/c1-33-20-17-11-15(5-8-19(17)32-21(29)18(20)12-31-33)23(36)35(34(2)24(37)22-30-9-10-38-22)13-14-3-6-16(7-4-14)25(26,27)28/h3-12H,13H2,1-2H3,(H2,29,32). The second-order valence-electron chi connectivity index (χ2n) is 8.48. The van der Waals surface area contributed by atoms with Gasteiger partial charge < -0.3 is 10.2 Å². The highest BCUT2D eigenvalue weighted by Crippen LogP contribution is 2.30. The zero-order chi connectivity index (χ0) is 27.2. The largest absolute Gasteiger partial charge is 0.441 e. The first-order valence-electron chi connectivity index (χ1n) is 11.2. The van der Waals surface area contributed by atoms with Crippen LogP contribution in [-0.4, -0.2) is 48.6 Å². The van der Waals surface area contributed by atoms with Gasteiger partial charge in [-0.2, -0.15) is 18.3 Å². The van der Waals surface area contributed by atoms with Crippen LogP contribution in [0.2, 0.25) is 0 Å². The maximum Gasteiger partial charge on any atom is 0.416 e. The van der Waals surface area contributed by atoms with Gasteiger partial charge in [-0.3, -0.25) is 14.3 Å². The third-order valence-electron chi connectivity index (χ3n) is 6.07. The molecule has 2 amide bonds. The fraction of sp³-hybridized carbons (Fsp3) is 0.160. The first kappa shape index (κ1) is 24.7. The minimum Gasteiger partial charge on any atom is -0.441 e. The maximum atomic E-state index is 13.8. The number of carbonyl (C=O) groups excluding carboxylic acids is 2. The molecule has 194 valence electrons. The lowest BCUT2D eigenvalue weighted by Gasteiger charge is -2.31. The van der Waals surface area contributed by atoms with Crippen molar-refractivity contribution in [3.63, 3.8) is 0 Å². The van der Waals surface area contributed by atoms with Crippen molar-refractivity contribution in [2.45, 2.75) is 12.7 Å². The second kappa shape index (κ2) is 9.18. The van der Waals surface area contributed by atoms with E-state index in [9.17, 15) is 22.8 Å². The Bertz CT molecular complexity index is 1660. The van der Waals surface area contributed by atoms with Crippen LogP contribution in [-0.2, 0) is 19.8 Å². The molecule has 0 aliphatic rings. The van der Waals surface area contributed by atoms with E-state index in [2.05, 4.69) is 15.1 Å². The second-order valence-corrected chi connectivity index (χ2v) is 8.48. The third-order valence-corrected chi connectivity index (χ3v) is 6.07. The quantitative estimate of drug-likeness (QED) is 0.353. The Hall–Kier alpha value is -4.94. The molecule has 0 radical (unpaired) electrons. The van der Waals surface area contributed by atoms with Crippen LogP contribution in [0.3, 0.4) is 0 Å². The summed E-state index contributed by atoms with van der Waals surface area (Å²) in [6, 6.07) is 9.09. The van der Waals surface area contributed by atoms with Crippen molar-refractivity contribution < 1.29 is 27.2 Å². The lowest BCUT2D eigenvalue weighted by Crippen LogP contribution is -2.47. The number of hydrogen-bond acceptors (Lipinski definition) is 7. The van der Waals surface area contributed by atoms with Crippen LogP contribution < -0.4 is 5.73 Å². The van der Waals surface area contributed by atoms with Gasteiger partial charge in [-0.05, 0) is 35.9 Å². The van der Waals surface area contributed by atoms with E-state index < -0.39 is 23.6 Å². The van der Waals surface area contributed by atoms with E-state index in [0.717, 1.165) is 22.2 Å².